The van der Waals surface area contributed by atoms with E-state index in [0.717, 1.165) is 0 Å². The van der Waals surface area contributed by atoms with E-state index in [-0.39, 0.29) is 17.3 Å². The summed E-state index contributed by atoms with van der Waals surface area (Å²) >= 11 is 11.7. The summed E-state index contributed by atoms with van der Waals surface area (Å²) in [6.45, 7) is 3.62. The van der Waals surface area contributed by atoms with Gasteiger partial charge in [-0.1, -0.05) is 23.2 Å². The van der Waals surface area contributed by atoms with E-state index in [1.165, 1.54) is 16.8 Å². The lowest BCUT2D eigenvalue weighted by Crippen LogP contribution is -2.27. The molecule has 1 N–H and O–H groups in total. The van der Waals surface area contributed by atoms with Crippen LogP contribution in [0.25, 0.3) is 0 Å². The van der Waals surface area contributed by atoms with Gasteiger partial charge in [0.05, 0.1) is 6.04 Å². The van der Waals surface area contributed by atoms with Gasteiger partial charge >= 0.3 is 0 Å². The molecule has 1 aromatic carbocycles. The highest BCUT2D eigenvalue weighted by molar-refractivity contribution is 6.35. The van der Waals surface area contributed by atoms with Gasteiger partial charge in [0.2, 0.25) is 0 Å². The molecular formula is C14H13Cl2N3O2. The van der Waals surface area contributed by atoms with E-state index in [0.29, 0.717) is 15.7 Å². The molecule has 2 rings (SSSR count). The van der Waals surface area contributed by atoms with Crippen molar-refractivity contribution >= 4 is 34.8 Å². The molecule has 2 aromatic rings. The van der Waals surface area contributed by atoms with Crippen LogP contribution >= 0.6 is 23.2 Å². The molecule has 7 heteroatoms. The van der Waals surface area contributed by atoms with Crippen LogP contribution in [0.15, 0.2) is 35.1 Å². The molecule has 110 valence electrons. The first-order valence-electron chi connectivity index (χ1n) is 6.24. The monoisotopic (exact) mass is 325 g/mol. The molecule has 0 spiro atoms. The quantitative estimate of drug-likeness (QED) is 0.940. The second-order valence-electron chi connectivity index (χ2n) is 4.71. The van der Waals surface area contributed by atoms with E-state index < -0.39 is 5.91 Å². The predicted octanol–water partition coefficient (Wildman–Crippen LogP) is 3.38. The van der Waals surface area contributed by atoms with Crippen LogP contribution in [0.5, 0.6) is 0 Å². The fourth-order valence-corrected chi connectivity index (χ4v) is 2.26. The van der Waals surface area contributed by atoms with Crippen molar-refractivity contribution in [3.8, 4) is 0 Å². The number of carbonyl (C=O) groups excluding carboxylic acids is 1. The summed E-state index contributed by atoms with van der Waals surface area (Å²) in [6, 6.07) is 7.27. The molecule has 0 unspecified atom stereocenters. The van der Waals surface area contributed by atoms with Crippen molar-refractivity contribution < 1.29 is 4.79 Å². The van der Waals surface area contributed by atoms with Crippen LogP contribution in [0.3, 0.4) is 0 Å². The maximum absolute atomic E-state index is 12.1. The van der Waals surface area contributed by atoms with Crippen LogP contribution in [-0.2, 0) is 0 Å². The number of hydrogen-bond donors (Lipinski definition) is 1. The number of rotatable bonds is 3. The molecule has 0 aliphatic heterocycles. The standard InChI is InChI=1S/C14H13Cl2N3O2/c1-8(2)19-13(20)4-3-12(18-19)14(21)17-11-6-9(15)5-10(16)7-11/h3-8H,1-2H3,(H,17,21). The molecule has 0 radical (unpaired) electrons. The van der Waals surface area contributed by atoms with E-state index in [1.54, 1.807) is 18.2 Å². The smallest absolute Gasteiger partial charge is 0.276 e. The molecule has 21 heavy (non-hydrogen) atoms. The SMILES string of the molecule is CC(C)n1nc(C(=O)Nc2cc(Cl)cc(Cl)c2)ccc1=O. The van der Waals surface area contributed by atoms with Crippen molar-refractivity contribution in [2.24, 2.45) is 0 Å². The number of nitrogens with one attached hydrogen (secondary N) is 1. The summed E-state index contributed by atoms with van der Waals surface area (Å²) < 4.78 is 1.25. The van der Waals surface area contributed by atoms with Crippen molar-refractivity contribution in [2.45, 2.75) is 19.9 Å². The Hall–Kier alpha value is -1.85. The lowest BCUT2D eigenvalue weighted by atomic mass is 10.3. The Balaban J connectivity index is 2.28. The molecule has 1 heterocycles. The van der Waals surface area contributed by atoms with Crippen LogP contribution in [0.1, 0.15) is 30.4 Å². The molecule has 0 saturated heterocycles. The zero-order chi connectivity index (χ0) is 15.6. The van der Waals surface area contributed by atoms with Crippen LogP contribution in [0.2, 0.25) is 10.0 Å². The lowest BCUT2D eigenvalue weighted by Gasteiger charge is -2.10. The third-order valence-corrected chi connectivity index (χ3v) is 3.10. The Morgan fingerprint density at radius 1 is 1.19 bits per heavy atom. The van der Waals surface area contributed by atoms with Gasteiger partial charge in [-0.3, -0.25) is 9.59 Å². The summed E-state index contributed by atoms with van der Waals surface area (Å²) in [6.07, 6.45) is 0. The van der Waals surface area contributed by atoms with Crippen molar-refractivity contribution in [1.82, 2.24) is 9.78 Å². The zero-order valence-electron chi connectivity index (χ0n) is 11.4. The van der Waals surface area contributed by atoms with Gasteiger partial charge in [0.15, 0.2) is 0 Å². The molecule has 0 saturated carbocycles. The van der Waals surface area contributed by atoms with Gasteiger partial charge in [-0.05, 0) is 38.1 Å². The highest BCUT2D eigenvalue weighted by Crippen LogP contribution is 2.22. The average molecular weight is 326 g/mol. The minimum atomic E-state index is -0.442. The lowest BCUT2D eigenvalue weighted by molar-refractivity contribution is 0.101. The first-order valence-corrected chi connectivity index (χ1v) is 6.99. The molecule has 0 aliphatic rings. The molecule has 0 bridgehead atoms. The van der Waals surface area contributed by atoms with Crippen LogP contribution in [0, 0.1) is 0 Å². The van der Waals surface area contributed by atoms with E-state index in [9.17, 15) is 9.59 Å². The number of anilines is 1. The first kappa shape index (κ1) is 15.5. The summed E-state index contributed by atoms with van der Waals surface area (Å²) in [4.78, 5) is 23.8. The van der Waals surface area contributed by atoms with Gasteiger partial charge in [0, 0.05) is 21.8 Å². The Kier molecular flexibility index (Phi) is 4.65. The molecule has 0 fully saturated rings. The zero-order valence-corrected chi connectivity index (χ0v) is 12.9. The number of hydrogen-bond acceptors (Lipinski definition) is 3. The Labute approximate surface area is 131 Å². The van der Waals surface area contributed by atoms with Gasteiger partial charge < -0.3 is 5.32 Å². The third-order valence-electron chi connectivity index (χ3n) is 2.67. The van der Waals surface area contributed by atoms with Crippen molar-refractivity contribution in [3.05, 3.63) is 56.4 Å². The molecule has 1 amide bonds. The molecular weight excluding hydrogens is 313 g/mol. The van der Waals surface area contributed by atoms with Gasteiger partial charge in [-0.25, -0.2) is 4.68 Å². The number of carbonyl (C=O) groups is 1. The van der Waals surface area contributed by atoms with Crippen LogP contribution in [-0.4, -0.2) is 15.7 Å². The number of benzene rings is 1. The van der Waals surface area contributed by atoms with Crippen molar-refractivity contribution in [1.29, 1.82) is 0 Å². The van der Waals surface area contributed by atoms with Gasteiger partial charge in [-0.2, -0.15) is 5.10 Å². The van der Waals surface area contributed by atoms with Gasteiger partial charge in [-0.15, -0.1) is 0 Å². The highest BCUT2D eigenvalue weighted by Gasteiger charge is 2.12. The van der Waals surface area contributed by atoms with E-state index in [4.69, 9.17) is 23.2 Å². The van der Waals surface area contributed by atoms with Crippen molar-refractivity contribution in [2.75, 3.05) is 5.32 Å². The summed E-state index contributed by atoms with van der Waals surface area (Å²) in [7, 11) is 0. The average Bonchev–Trinajstić information content (AvgIpc) is 2.37. The van der Waals surface area contributed by atoms with Crippen molar-refractivity contribution in [3.63, 3.8) is 0 Å². The second kappa shape index (κ2) is 6.28. The Morgan fingerprint density at radius 2 is 1.81 bits per heavy atom. The first-order chi connectivity index (χ1) is 9.86. The van der Waals surface area contributed by atoms with E-state index in [2.05, 4.69) is 10.4 Å². The van der Waals surface area contributed by atoms with E-state index in [1.807, 2.05) is 13.8 Å². The summed E-state index contributed by atoms with van der Waals surface area (Å²) in [5.41, 5.74) is 0.341. The molecule has 0 aliphatic carbocycles. The number of amides is 1. The predicted molar refractivity (Wildman–Crippen MR) is 83.3 cm³/mol. The normalized spacial score (nSPS) is 10.7. The minimum Gasteiger partial charge on any atom is -0.320 e. The number of nitrogens with zero attached hydrogens (tertiary/aromatic N) is 2. The van der Waals surface area contributed by atoms with E-state index >= 15 is 0 Å². The summed E-state index contributed by atoms with van der Waals surface area (Å²) in [5.74, 6) is -0.442. The Bertz CT molecular complexity index is 721. The highest BCUT2D eigenvalue weighted by atomic mass is 35.5. The molecule has 5 nitrogen and oxygen atoms in total. The number of aromatic nitrogens is 2. The fourth-order valence-electron chi connectivity index (χ4n) is 1.74. The maximum Gasteiger partial charge on any atom is 0.276 e. The third kappa shape index (κ3) is 3.83. The van der Waals surface area contributed by atoms with Gasteiger partial charge in [0.1, 0.15) is 5.69 Å². The molecule has 1 aromatic heterocycles. The molecule has 0 atom stereocenters. The minimum absolute atomic E-state index is 0.133. The van der Waals surface area contributed by atoms with Crippen LogP contribution < -0.4 is 10.9 Å². The largest absolute Gasteiger partial charge is 0.320 e. The topological polar surface area (TPSA) is 64.0 Å². The Morgan fingerprint density at radius 3 is 2.38 bits per heavy atom. The van der Waals surface area contributed by atoms with Gasteiger partial charge in [0.25, 0.3) is 11.5 Å². The maximum atomic E-state index is 12.1. The second-order valence-corrected chi connectivity index (χ2v) is 5.58. The summed E-state index contributed by atoms with van der Waals surface area (Å²) in [5, 5.41) is 7.51. The fraction of sp³-hybridized carbons (Fsp3) is 0.214. The number of halogens is 2. The van der Waals surface area contributed by atoms with Crippen LogP contribution in [0.4, 0.5) is 5.69 Å².